The van der Waals surface area contributed by atoms with Crippen molar-refractivity contribution in [2.75, 3.05) is 13.2 Å². The highest BCUT2D eigenvalue weighted by Gasteiger charge is 2.27. The van der Waals surface area contributed by atoms with E-state index in [9.17, 15) is 5.11 Å². The highest BCUT2D eigenvalue weighted by molar-refractivity contribution is 5.42. The van der Waals surface area contributed by atoms with Crippen LogP contribution in [0.4, 0.5) is 0 Å². The monoisotopic (exact) mass is 221 g/mol. The molecule has 0 aliphatic carbocycles. The van der Waals surface area contributed by atoms with Crippen molar-refractivity contribution in [3.05, 3.63) is 34.4 Å². The fourth-order valence-corrected chi connectivity index (χ4v) is 2.66. The zero-order chi connectivity index (χ0) is 12.3. The molecule has 0 fully saturated rings. The second-order valence-electron chi connectivity index (χ2n) is 4.79. The fraction of sp³-hybridized carbons (Fsp3) is 0.571. The van der Waals surface area contributed by atoms with Crippen LogP contribution in [0.1, 0.15) is 36.1 Å². The van der Waals surface area contributed by atoms with E-state index in [2.05, 4.69) is 52.1 Å². The van der Waals surface area contributed by atoms with Crippen LogP contribution in [0.25, 0.3) is 0 Å². The topological polar surface area (TPSA) is 32.3 Å². The summed E-state index contributed by atoms with van der Waals surface area (Å²) in [6, 6.07) is 4.35. The second-order valence-corrected chi connectivity index (χ2v) is 4.79. The van der Waals surface area contributed by atoms with Crippen LogP contribution >= 0.6 is 0 Å². The second kappa shape index (κ2) is 4.98. The Hall–Kier alpha value is -0.860. The van der Waals surface area contributed by atoms with Crippen molar-refractivity contribution in [2.24, 2.45) is 0 Å². The Kier molecular flexibility index (Phi) is 4.11. The number of aliphatic hydroxyl groups excluding tert-OH is 1. The van der Waals surface area contributed by atoms with E-state index in [-0.39, 0.29) is 12.1 Å². The molecule has 0 saturated heterocycles. The number of aryl methyl sites for hydroxylation is 3. The van der Waals surface area contributed by atoms with Gasteiger partial charge in [0.15, 0.2) is 0 Å². The van der Waals surface area contributed by atoms with Crippen molar-refractivity contribution in [1.29, 1.82) is 0 Å². The van der Waals surface area contributed by atoms with Gasteiger partial charge < -0.3 is 10.4 Å². The molecular formula is C14H23NO. The van der Waals surface area contributed by atoms with E-state index in [4.69, 9.17) is 0 Å². The maximum absolute atomic E-state index is 9.63. The third kappa shape index (κ3) is 2.45. The molecule has 90 valence electrons. The van der Waals surface area contributed by atoms with Crippen molar-refractivity contribution in [2.45, 2.75) is 40.2 Å². The molecule has 0 aliphatic rings. The van der Waals surface area contributed by atoms with Gasteiger partial charge in [0.1, 0.15) is 0 Å². The van der Waals surface area contributed by atoms with E-state index in [0.717, 1.165) is 6.54 Å². The van der Waals surface area contributed by atoms with Gasteiger partial charge in [0.05, 0.1) is 12.1 Å². The van der Waals surface area contributed by atoms with Crippen LogP contribution in [0, 0.1) is 20.8 Å². The quantitative estimate of drug-likeness (QED) is 0.818. The Balaban J connectivity index is 3.30. The maximum atomic E-state index is 9.63. The minimum absolute atomic E-state index is 0.117. The summed E-state index contributed by atoms with van der Waals surface area (Å²) in [6.07, 6.45) is 0. The molecule has 0 radical (unpaired) electrons. The molecule has 0 heterocycles. The molecule has 2 heteroatoms. The number of benzene rings is 1. The first-order valence-electron chi connectivity index (χ1n) is 5.89. The van der Waals surface area contributed by atoms with Gasteiger partial charge in [-0.2, -0.15) is 0 Å². The van der Waals surface area contributed by atoms with Crippen LogP contribution in [0.3, 0.4) is 0 Å². The van der Waals surface area contributed by atoms with Crippen LogP contribution in [0.15, 0.2) is 12.1 Å². The van der Waals surface area contributed by atoms with Gasteiger partial charge in [0, 0.05) is 0 Å². The van der Waals surface area contributed by atoms with E-state index >= 15 is 0 Å². The Morgan fingerprint density at radius 2 is 1.69 bits per heavy atom. The van der Waals surface area contributed by atoms with E-state index in [0.29, 0.717) is 0 Å². The minimum Gasteiger partial charge on any atom is -0.394 e. The molecular weight excluding hydrogens is 198 g/mol. The lowest BCUT2D eigenvalue weighted by atomic mass is 9.85. The lowest BCUT2D eigenvalue weighted by Crippen LogP contribution is -2.43. The van der Waals surface area contributed by atoms with Crippen molar-refractivity contribution >= 4 is 0 Å². The zero-order valence-electron chi connectivity index (χ0n) is 11.0. The summed E-state index contributed by atoms with van der Waals surface area (Å²) >= 11 is 0. The largest absolute Gasteiger partial charge is 0.394 e. The molecule has 1 atom stereocenters. The zero-order valence-corrected chi connectivity index (χ0v) is 11.0. The molecule has 2 nitrogen and oxygen atoms in total. The third-order valence-electron chi connectivity index (χ3n) is 3.11. The van der Waals surface area contributed by atoms with Gasteiger partial charge in [-0.1, -0.05) is 24.6 Å². The average Bonchev–Trinajstić information content (AvgIpc) is 2.16. The summed E-state index contributed by atoms with van der Waals surface area (Å²) in [5.74, 6) is 0. The lowest BCUT2D eigenvalue weighted by molar-refractivity contribution is 0.176. The molecule has 0 bridgehead atoms. The Morgan fingerprint density at radius 1 is 1.19 bits per heavy atom. The summed E-state index contributed by atoms with van der Waals surface area (Å²) in [4.78, 5) is 0. The van der Waals surface area contributed by atoms with E-state index in [1.54, 1.807) is 0 Å². The number of aliphatic hydroxyl groups is 1. The van der Waals surface area contributed by atoms with Crippen molar-refractivity contribution in [3.8, 4) is 0 Å². The molecule has 0 aliphatic heterocycles. The van der Waals surface area contributed by atoms with Gasteiger partial charge >= 0.3 is 0 Å². The Bertz CT molecular complexity index is 350. The molecule has 1 aromatic carbocycles. The predicted molar refractivity (Wildman–Crippen MR) is 68.8 cm³/mol. The Morgan fingerprint density at radius 3 is 2.06 bits per heavy atom. The minimum atomic E-state index is -0.337. The van der Waals surface area contributed by atoms with Gasteiger partial charge in [-0.05, 0) is 50.9 Å². The number of hydrogen-bond donors (Lipinski definition) is 2. The standard InChI is InChI=1S/C14H23NO/c1-6-15-14(5,9-16)13-11(3)7-10(2)8-12(13)4/h7-8,15-16H,6,9H2,1-5H3. The van der Waals surface area contributed by atoms with Crippen LogP contribution in [0.5, 0.6) is 0 Å². The van der Waals surface area contributed by atoms with Crippen molar-refractivity contribution in [3.63, 3.8) is 0 Å². The number of likely N-dealkylation sites (N-methyl/N-ethyl adjacent to an activating group) is 1. The predicted octanol–water partition coefficient (Wildman–Crippen LogP) is 2.43. The summed E-state index contributed by atoms with van der Waals surface area (Å²) in [5, 5.41) is 13.0. The van der Waals surface area contributed by atoms with Crippen molar-refractivity contribution in [1.82, 2.24) is 5.32 Å². The molecule has 0 amide bonds. The summed E-state index contributed by atoms with van der Waals surface area (Å²) in [5.41, 5.74) is 4.65. The molecule has 2 N–H and O–H groups in total. The van der Waals surface area contributed by atoms with E-state index in [1.807, 2.05) is 0 Å². The molecule has 0 aromatic heterocycles. The highest BCUT2D eigenvalue weighted by Crippen LogP contribution is 2.28. The fourth-order valence-electron chi connectivity index (χ4n) is 2.66. The number of hydrogen-bond acceptors (Lipinski definition) is 2. The SMILES string of the molecule is CCNC(C)(CO)c1c(C)cc(C)cc1C. The Labute approximate surface area is 98.7 Å². The van der Waals surface area contributed by atoms with Gasteiger partial charge in [-0.15, -0.1) is 0 Å². The molecule has 0 saturated carbocycles. The first-order valence-corrected chi connectivity index (χ1v) is 5.89. The highest BCUT2D eigenvalue weighted by atomic mass is 16.3. The normalized spacial score (nSPS) is 14.9. The first kappa shape index (κ1) is 13.2. The van der Waals surface area contributed by atoms with Crippen LogP contribution in [-0.2, 0) is 5.54 Å². The van der Waals surface area contributed by atoms with Gasteiger partial charge in [-0.25, -0.2) is 0 Å². The first-order chi connectivity index (χ1) is 7.44. The molecule has 16 heavy (non-hydrogen) atoms. The summed E-state index contributed by atoms with van der Waals surface area (Å²) < 4.78 is 0. The van der Waals surface area contributed by atoms with Crippen LogP contribution < -0.4 is 5.32 Å². The summed E-state index contributed by atoms with van der Waals surface area (Å²) in [6.45, 7) is 11.4. The van der Waals surface area contributed by atoms with E-state index in [1.165, 1.54) is 22.3 Å². The molecule has 1 aromatic rings. The molecule has 1 unspecified atom stereocenters. The number of rotatable bonds is 4. The molecule has 1 rings (SSSR count). The number of nitrogens with one attached hydrogen (secondary N) is 1. The smallest absolute Gasteiger partial charge is 0.0652 e. The van der Waals surface area contributed by atoms with Gasteiger partial charge in [-0.3, -0.25) is 0 Å². The van der Waals surface area contributed by atoms with Crippen LogP contribution in [-0.4, -0.2) is 18.3 Å². The molecule has 0 spiro atoms. The average molecular weight is 221 g/mol. The lowest BCUT2D eigenvalue weighted by Gasteiger charge is -2.32. The third-order valence-corrected chi connectivity index (χ3v) is 3.11. The van der Waals surface area contributed by atoms with E-state index < -0.39 is 0 Å². The maximum Gasteiger partial charge on any atom is 0.0652 e. The van der Waals surface area contributed by atoms with Gasteiger partial charge in [0.25, 0.3) is 0 Å². The van der Waals surface area contributed by atoms with Crippen LogP contribution in [0.2, 0.25) is 0 Å². The summed E-state index contributed by atoms with van der Waals surface area (Å²) in [7, 11) is 0. The van der Waals surface area contributed by atoms with Crippen molar-refractivity contribution < 1.29 is 5.11 Å². The van der Waals surface area contributed by atoms with Gasteiger partial charge in [0.2, 0.25) is 0 Å².